The molecular formula is C15H26N4. The van der Waals surface area contributed by atoms with Gasteiger partial charge in [-0.25, -0.2) is 0 Å². The van der Waals surface area contributed by atoms with Crippen LogP contribution < -0.4 is 5.32 Å². The predicted octanol–water partition coefficient (Wildman–Crippen LogP) is 2.09. The first-order chi connectivity index (χ1) is 9.25. The maximum absolute atomic E-state index is 4.33. The molecule has 4 nitrogen and oxygen atoms in total. The fourth-order valence-corrected chi connectivity index (χ4v) is 3.78. The van der Waals surface area contributed by atoms with Crippen LogP contribution in [0.2, 0.25) is 0 Å². The van der Waals surface area contributed by atoms with Crippen molar-refractivity contribution in [1.29, 1.82) is 0 Å². The minimum Gasteiger partial charge on any atom is -0.312 e. The molecule has 0 saturated carbocycles. The quantitative estimate of drug-likeness (QED) is 0.905. The normalized spacial score (nSPS) is 30.6. The Morgan fingerprint density at radius 3 is 2.89 bits per heavy atom. The lowest BCUT2D eigenvalue weighted by molar-refractivity contribution is 0.0802. The highest BCUT2D eigenvalue weighted by molar-refractivity contribution is 5.11. The molecule has 19 heavy (non-hydrogen) atoms. The maximum atomic E-state index is 4.33. The monoisotopic (exact) mass is 262 g/mol. The van der Waals surface area contributed by atoms with Gasteiger partial charge in [-0.05, 0) is 45.7 Å². The summed E-state index contributed by atoms with van der Waals surface area (Å²) in [5, 5.41) is 8.03. The average Bonchev–Trinajstić information content (AvgIpc) is 3.09. The molecule has 0 spiro atoms. The molecule has 106 valence electrons. The highest BCUT2D eigenvalue weighted by Gasteiger charge is 2.34. The number of hydrogen-bond donors (Lipinski definition) is 1. The van der Waals surface area contributed by atoms with Gasteiger partial charge >= 0.3 is 0 Å². The molecule has 2 aliphatic rings. The van der Waals surface area contributed by atoms with Crippen molar-refractivity contribution in [3.8, 4) is 0 Å². The van der Waals surface area contributed by atoms with Crippen LogP contribution in [0.1, 0.15) is 50.6 Å². The van der Waals surface area contributed by atoms with Crippen LogP contribution in [0.4, 0.5) is 0 Å². The standard InChI is InChI=1S/C15H26N4/c1-12(13-10-17-18(2)11-13)19-9-4-3-7-15(19)14-6-5-8-16-14/h10-12,14-16H,3-9H2,1-2H3. The second kappa shape index (κ2) is 5.63. The van der Waals surface area contributed by atoms with Gasteiger partial charge in [0.25, 0.3) is 0 Å². The minimum atomic E-state index is 0.487. The smallest absolute Gasteiger partial charge is 0.0537 e. The SMILES string of the molecule is CC(c1cnn(C)c1)N1CCCCC1C1CCCN1. The van der Waals surface area contributed by atoms with Gasteiger partial charge in [0.2, 0.25) is 0 Å². The first-order valence-electron chi connectivity index (χ1n) is 7.73. The summed E-state index contributed by atoms with van der Waals surface area (Å²) in [5.41, 5.74) is 1.35. The van der Waals surface area contributed by atoms with Crippen molar-refractivity contribution in [3.05, 3.63) is 18.0 Å². The molecule has 3 rings (SSSR count). The molecule has 0 amide bonds. The van der Waals surface area contributed by atoms with Crippen molar-refractivity contribution in [1.82, 2.24) is 20.0 Å². The Hall–Kier alpha value is -0.870. The maximum Gasteiger partial charge on any atom is 0.0537 e. The highest BCUT2D eigenvalue weighted by atomic mass is 15.3. The first-order valence-corrected chi connectivity index (χ1v) is 7.73. The Morgan fingerprint density at radius 1 is 1.32 bits per heavy atom. The Bertz CT molecular complexity index is 408. The van der Waals surface area contributed by atoms with E-state index in [1.54, 1.807) is 0 Å². The summed E-state index contributed by atoms with van der Waals surface area (Å²) in [6.07, 6.45) is 11.0. The van der Waals surface area contributed by atoms with E-state index in [0.29, 0.717) is 18.1 Å². The topological polar surface area (TPSA) is 33.1 Å². The lowest BCUT2D eigenvalue weighted by Gasteiger charge is -2.42. The lowest BCUT2D eigenvalue weighted by Crippen LogP contribution is -2.50. The van der Waals surface area contributed by atoms with E-state index in [9.17, 15) is 0 Å². The molecule has 2 saturated heterocycles. The van der Waals surface area contributed by atoms with Gasteiger partial charge in [0.15, 0.2) is 0 Å². The molecule has 3 heterocycles. The van der Waals surface area contributed by atoms with E-state index in [-0.39, 0.29) is 0 Å². The number of nitrogens with zero attached hydrogens (tertiary/aromatic N) is 3. The average molecular weight is 262 g/mol. The molecule has 0 bridgehead atoms. The largest absolute Gasteiger partial charge is 0.312 e. The molecular weight excluding hydrogens is 236 g/mol. The summed E-state index contributed by atoms with van der Waals surface area (Å²) in [6.45, 7) is 4.78. The summed E-state index contributed by atoms with van der Waals surface area (Å²) < 4.78 is 1.92. The van der Waals surface area contributed by atoms with Crippen molar-refractivity contribution in [3.63, 3.8) is 0 Å². The van der Waals surface area contributed by atoms with E-state index in [0.717, 1.165) is 0 Å². The molecule has 1 aromatic heterocycles. The second-order valence-corrected chi connectivity index (χ2v) is 6.13. The van der Waals surface area contributed by atoms with Gasteiger partial charge in [-0.15, -0.1) is 0 Å². The van der Waals surface area contributed by atoms with E-state index < -0.39 is 0 Å². The molecule has 0 radical (unpaired) electrons. The summed E-state index contributed by atoms with van der Waals surface area (Å²) in [7, 11) is 2.00. The van der Waals surface area contributed by atoms with E-state index >= 15 is 0 Å². The zero-order chi connectivity index (χ0) is 13.2. The van der Waals surface area contributed by atoms with E-state index in [1.807, 2.05) is 17.9 Å². The van der Waals surface area contributed by atoms with Crippen LogP contribution in [0.25, 0.3) is 0 Å². The molecule has 3 unspecified atom stereocenters. The molecule has 1 N–H and O–H groups in total. The van der Waals surface area contributed by atoms with E-state index in [4.69, 9.17) is 0 Å². The summed E-state index contributed by atoms with van der Waals surface area (Å²) in [4.78, 5) is 2.71. The Kier molecular flexibility index (Phi) is 3.89. The van der Waals surface area contributed by atoms with E-state index in [1.165, 1.54) is 50.8 Å². The van der Waals surface area contributed by atoms with Crippen LogP contribution in [0, 0.1) is 0 Å². The Morgan fingerprint density at radius 2 is 2.21 bits per heavy atom. The number of aromatic nitrogens is 2. The third-order valence-corrected chi connectivity index (χ3v) is 4.86. The van der Waals surface area contributed by atoms with Gasteiger partial charge in [0, 0.05) is 36.9 Å². The van der Waals surface area contributed by atoms with Crippen LogP contribution in [0.3, 0.4) is 0 Å². The van der Waals surface area contributed by atoms with Crippen LogP contribution in [-0.2, 0) is 7.05 Å². The summed E-state index contributed by atoms with van der Waals surface area (Å²) in [6, 6.07) is 1.91. The van der Waals surface area contributed by atoms with E-state index in [2.05, 4.69) is 28.4 Å². The van der Waals surface area contributed by atoms with Crippen LogP contribution in [0.5, 0.6) is 0 Å². The first kappa shape index (κ1) is 13.1. The molecule has 0 aliphatic carbocycles. The molecule has 1 aromatic rings. The Balaban J connectivity index is 1.75. The van der Waals surface area contributed by atoms with Crippen molar-refractivity contribution in [2.45, 2.75) is 57.2 Å². The molecule has 2 aliphatic heterocycles. The number of nitrogens with one attached hydrogen (secondary N) is 1. The second-order valence-electron chi connectivity index (χ2n) is 6.13. The number of likely N-dealkylation sites (tertiary alicyclic amines) is 1. The summed E-state index contributed by atoms with van der Waals surface area (Å²) in [5.74, 6) is 0. The molecule has 3 atom stereocenters. The van der Waals surface area contributed by atoms with Gasteiger partial charge in [0.1, 0.15) is 0 Å². The van der Waals surface area contributed by atoms with Crippen LogP contribution in [-0.4, -0.2) is 39.9 Å². The van der Waals surface area contributed by atoms with Crippen LogP contribution in [0.15, 0.2) is 12.4 Å². The van der Waals surface area contributed by atoms with Gasteiger partial charge in [-0.2, -0.15) is 5.10 Å². The lowest BCUT2D eigenvalue weighted by atomic mass is 9.92. The fourth-order valence-electron chi connectivity index (χ4n) is 3.78. The molecule has 4 heteroatoms. The van der Waals surface area contributed by atoms with Gasteiger partial charge in [-0.3, -0.25) is 9.58 Å². The number of hydrogen-bond acceptors (Lipinski definition) is 3. The third-order valence-electron chi connectivity index (χ3n) is 4.86. The number of piperidine rings is 1. The zero-order valence-corrected chi connectivity index (χ0v) is 12.2. The fraction of sp³-hybridized carbons (Fsp3) is 0.800. The number of aryl methyl sites for hydroxylation is 1. The molecule has 0 aromatic carbocycles. The summed E-state index contributed by atoms with van der Waals surface area (Å²) >= 11 is 0. The predicted molar refractivity (Wildman–Crippen MR) is 77.0 cm³/mol. The van der Waals surface area contributed by atoms with Crippen molar-refractivity contribution >= 4 is 0 Å². The van der Waals surface area contributed by atoms with Crippen LogP contribution >= 0.6 is 0 Å². The molecule has 2 fully saturated rings. The minimum absolute atomic E-state index is 0.487. The third kappa shape index (κ3) is 2.70. The Labute approximate surface area is 116 Å². The van der Waals surface area contributed by atoms with Gasteiger partial charge in [-0.1, -0.05) is 6.42 Å². The van der Waals surface area contributed by atoms with Crippen molar-refractivity contribution < 1.29 is 0 Å². The number of rotatable bonds is 3. The van der Waals surface area contributed by atoms with Gasteiger partial charge < -0.3 is 5.32 Å². The van der Waals surface area contributed by atoms with Crippen molar-refractivity contribution in [2.75, 3.05) is 13.1 Å². The zero-order valence-electron chi connectivity index (χ0n) is 12.2. The van der Waals surface area contributed by atoms with Crippen molar-refractivity contribution in [2.24, 2.45) is 7.05 Å². The van der Waals surface area contributed by atoms with Gasteiger partial charge in [0.05, 0.1) is 6.20 Å². The highest BCUT2D eigenvalue weighted by Crippen LogP contribution is 2.31.